The lowest BCUT2D eigenvalue weighted by atomic mass is 10.1. The number of piperidine rings is 1. The minimum atomic E-state index is -1.55. The van der Waals surface area contributed by atoms with Crippen LogP contribution in [0.4, 0.5) is 8.78 Å². The topological polar surface area (TPSA) is 12.0 Å². The van der Waals surface area contributed by atoms with Crippen LogP contribution in [0, 0.1) is 0 Å². The van der Waals surface area contributed by atoms with Gasteiger partial charge in [0, 0.05) is 6.54 Å². The third-order valence-corrected chi connectivity index (χ3v) is 1.42. The Balaban J connectivity index is 0.000000810. The summed E-state index contributed by atoms with van der Waals surface area (Å²) in [7, 11) is 0. The maximum Gasteiger partial charge on any atom is 0.289 e. The van der Waals surface area contributed by atoms with Crippen LogP contribution in [-0.4, -0.2) is 6.54 Å². The first-order chi connectivity index (χ1) is 4.30. The Bertz CT molecular complexity index is 124. The van der Waals surface area contributed by atoms with Gasteiger partial charge in [-0.3, -0.25) is 0 Å². The zero-order valence-electron chi connectivity index (χ0n) is 5.49. The van der Waals surface area contributed by atoms with Gasteiger partial charge in [-0.15, -0.1) is 12.4 Å². The van der Waals surface area contributed by atoms with E-state index >= 15 is 0 Å². The van der Waals surface area contributed by atoms with Crippen molar-refractivity contribution in [3.05, 3.63) is 11.8 Å². The second-order valence-electron chi connectivity index (χ2n) is 2.12. The van der Waals surface area contributed by atoms with Crippen LogP contribution in [-0.2, 0) is 0 Å². The average molecular weight is 170 g/mol. The molecule has 1 aliphatic heterocycles. The van der Waals surface area contributed by atoms with Gasteiger partial charge in [-0.25, -0.2) is 0 Å². The molecule has 1 aliphatic rings. The van der Waals surface area contributed by atoms with Gasteiger partial charge in [0.1, 0.15) is 0 Å². The molecule has 60 valence electrons. The highest BCUT2D eigenvalue weighted by molar-refractivity contribution is 5.85. The SMILES string of the molecule is Cl.FC(F)=C1CCCCN1. The summed E-state index contributed by atoms with van der Waals surface area (Å²) in [6.45, 7) is 0.701. The summed E-state index contributed by atoms with van der Waals surface area (Å²) in [4.78, 5) is 0. The number of halogens is 3. The van der Waals surface area contributed by atoms with Crippen molar-refractivity contribution in [2.24, 2.45) is 0 Å². The molecule has 0 aromatic carbocycles. The second kappa shape index (κ2) is 4.50. The van der Waals surface area contributed by atoms with Crippen molar-refractivity contribution in [3.63, 3.8) is 0 Å². The normalized spacial score (nSPS) is 17.2. The molecule has 0 aromatic heterocycles. The Labute approximate surface area is 64.9 Å². The highest BCUT2D eigenvalue weighted by atomic mass is 35.5. The van der Waals surface area contributed by atoms with Crippen LogP contribution < -0.4 is 5.32 Å². The zero-order chi connectivity index (χ0) is 6.69. The average Bonchev–Trinajstić information content (AvgIpc) is 1.90. The van der Waals surface area contributed by atoms with Crippen LogP contribution in [0.25, 0.3) is 0 Å². The fourth-order valence-corrected chi connectivity index (χ4v) is 0.916. The van der Waals surface area contributed by atoms with E-state index in [1.165, 1.54) is 0 Å². The number of allylic oxidation sites excluding steroid dienone is 1. The van der Waals surface area contributed by atoms with Crippen LogP contribution in [0.5, 0.6) is 0 Å². The van der Waals surface area contributed by atoms with Gasteiger partial charge in [0.05, 0.1) is 5.70 Å². The first kappa shape index (κ1) is 9.69. The van der Waals surface area contributed by atoms with E-state index in [-0.39, 0.29) is 18.1 Å². The van der Waals surface area contributed by atoms with Gasteiger partial charge >= 0.3 is 0 Å². The molecule has 0 spiro atoms. The third-order valence-electron chi connectivity index (χ3n) is 1.42. The first-order valence-electron chi connectivity index (χ1n) is 3.09. The monoisotopic (exact) mass is 169 g/mol. The van der Waals surface area contributed by atoms with Gasteiger partial charge in [-0.05, 0) is 19.3 Å². The first-order valence-corrected chi connectivity index (χ1v) is 3.09. The highest BCUT2D eigenvalue weighted by Crippen LogP contribution is 2.15. The predicted octanol–water partition coefficient (Wildman–Crippen LogP) is 2.29. The standard InChI is InChI=1S/C6H9F2N.ClH/c7-6(8)5-3-1-2-4-9-5;/h9H,1-4H2;1H. The van der Waals surface area contributed by atoms with Gasteiger partial charge in [0.2, 0.25) is 0 Å². The zero-order valence-corrected chi connectivity index (χ0v) is 6.31. The quantitative estimate of drug-likeness (QED) is 0.587. The van der Waals surface area contributed by atoms with Crippen LogP contribution in [0.2, 0.25) is 0 Å². The molecule has 1 N–H and O–H groups in total. The Morgan fingerprint density at radius 2 is 2.00 bits per heavy atom. The van der Waals surface area contributed by atoms with Crippen LogP contribution in [0.1, 0.15) is 19.3 Å². The minimum absolute atomic E-state index is 0. The lowest BCUT2D eigenvalue weighted by Gasteiger charge is -2.14. The van der Waals surface area contributed by atoms with Crippen molar-refractivity contribution < 1.29 is 8.78 Å². The number of hydrogen-bond donors (Lipinski definition) is 1. The Morgan fingerprint density at radius 1 is 1.30 bits per heavy atom. The Kier molecular flexibility index (Phi) is 4.36. The summed E-state index contributed by atoms with van der Waals surface area (Å²) in [6.07, 6.45) is 0.869. The van der Waals surface area contributed by atoms with Gasteiger partial charge < -0.3 is 5.32 Å². The molecule has 0 amide bonds. The number of rotatable bonds is 0. The van der Waals surface area contributed by atoms with Gasteiger partial charge in [0.25, 0.3) is 6.08 Å². The van der Waals surface area contributed by atoms with E-state index in [4.69, 9.17) is 0 Å². The molecule has 0 aromatic rings. The molecule has 1 fully saturated rings. The van der Waals surface area contributed by atoms with E-state index in [2.05, 4.69) is 5.32 Å². The number of nitrogens with one attached hydrogen (secondary N) is 1. The van der Waals surface area contributed by atoms with Crippen LogP contribution >= 0.6 is 12.4 Å². The second-order valence-corrected chi connectivity index (χ2v) is 2.12. The molecular formula is C6H10ClF2N. The summed E-state index contributed by atoms with van der Waals surface area (Å²) in [5.74, 6) is 0. The van der Waals surface area contributed by atoms with Crippen molar-refractivity contribution in [2.45, 2.75) is 19.3 Å². The summed E-state index contributed by atoms with van der Waals surface area (Å²) >= 11 is 0. The van der Waals surface area contributed by atoms with Crippen molar-refractivity contribution in [2.75, 3.05) is 6.54 Å². The predicted molar refractivity (Wildman–Crippen MR) is 38.3 cm³/mol. The minimum Gasteiger partial charge on any atom is -0.384 e. The van der Waals surface area contributed by atoms with E-state index in [1.807, 2.05) is 0 Å². The fourth-order valence-electron chi connectivity index (χ4n) is 0.916. The fraction of sp³-hybridized carbons (Fsp3) is 0.667. The van der Waals surface area contributed by atoms with Crippen LogP contribution in [0.15, 0.2) is 11.8 Å². The highest BCUT2D eigenvalue weighted by Gasteiger charge is 2.08. The molecule has 0 atom stereocenters. The Hall–Kier alpha value is -0.310. The van der Waals surface area contributed by atoms with Crippen molar-refractivity contribution >= 4 is 12.4 Å². The summed E-state index contributed by atoms with van der Waals surface area (Å²) in [6, 6.07) is 0. The molecule has 0 radical (unpaired) electrons. The molecule has 10 heavy (non-hydrogen) atoms. The molecule has 1 heterocycles. The molecule has 0 unspecified atom stereocenters. The molecular weight excluding hydrogens is 160 g/mol. The maximum atomic E-state index is 11.7. The Morgan fingerprint density at radius 3 is 2.30 bits per heavy atom. The smallest absolute Gasteiger partial charge is 0.289 e. The van der Waals surface area contributed by atoms with Crippen LogP contribution in [0.3, 0.4) is 0 Å². The molecule has 0 saturated carbocycles. The van der Waals surface area contributed by atoms with Gasteiger partial charge in [-0.1, -0.05) is 0 Å². The van der Waals surface area contributed by atoms with Crippen molar-refractivity contribution in [1.82, 2.24) is 5.32 Å². The van der Waals surface area contributed by atoms with E-state index in [1.54, 1.807) is 0 Å². The molecule has 1 nitrogen and oxygen atoms in total. The van der Waals surface area contributed by atoms with Crippen molar-refractivity contribution in [3.8, 4) is 0 Å². The molecule has 1 rings (SSSR count). The van der Waals surface area contributed by atoms with Crippen molar-refractivity contribution in [1.29, 1.82) is 0 Å². The molecule has 1 saturated heterocycles. The lowest BCUT2D eigenvalue weighted by molar-refractivity contribution is 0.388. The molecule has 0 bridgehead atoms. The summed E-state index contributed by atoms with van der Waals surface area (Å²) in [5.41, 5.74) is 0.140. The van der Waals surface area contributed by atoms with E-state index < -0.39 is 6.08 Å². The van der Waals surface area contributed by atoms with E-state index in [0.29, 0.717) is 13.0 Å². The lowest BCUT2D eigenvalue weighted by Crippen LogP contribution is -2.20. The maximum absolute atomic E-state index is 11.7. The van der Waals surface area contributed by atoms with Gasteiger partial charge in [0.15, 0.2) is 0 Å². The summed E-state index contributed by atoms with van der Waals surface area (Å²) < 4.78 is 23.5. The largest absolute Gasteiger partial charge is 0.384 e. The van der Waals surface area contributed by atoms with E-state index in [9.17, 15) is 8.78 Å². The third kappa shape index (κ3) is 2.52. The summed E-state index contributed by atoms with van der Waals surface area (Å²) in [5, 5.41) is 2.65. The molecule has 0 aliphatic carbocycles. The molecule has 4 heteroatoms. The van der Waals surface area contributed by atoms with E-state index in [0.717, 1.165) is 12.8 Å². The van der Waals surface area contributed by atoms with Gasteiger partial charge in [-0.2, -0.15) is 8.78 Å². The number of hydrogen-bond acceptors (Lipinski definition) is 1.